The maximum Gasteiger partial charge on any atom is 0.114 e. The molecule has 2 aliphatic heterocycles. The van der Waals surface area contributed by atoms with Crippen LogP contribution in [0.25, 0.3) is 57.0 Å². The van der Waals surface area contributed by atoms with Crippen LogP contribution in [0.3, 0.4) is 0 Å². The van der Waals surface area contributed by atoms with E-state index in [0.717, 1.165) is 0 Å². The van der Waals surface area contributed by atoms with Gasteiger partial charge in [0.1, 0.15) is 24.8 Å². The number of nitrogens with zero attached hydrogens (tertiary/aromatic N) is 1. The molecule has 0 bridgehead atoms. The summed E-state index contributed by atoms with van der Waals surface area (Å²) in [4.78, 5) is 0. The van der Waals surface area contributed by atoms with Crippen molar-refractivity contribution in [1.29, 1.82) is 0 Å². The second-order valence-corrected chi connectivity index (χ2v) is 18.7. The third-order valence-corrected chi connectivity index (χ3v) is 15.1. The molecule has 4 aliphatic carbocycles. The smallest absolute Gasteiger partial charge is 0.114 e. The highest BCUT2D eigenvalue weighted by atomic mass is 15.3. The molecule has 0 saturated carbocycles. The molecule has 4 atom stereocenters. The molecule has 304 valence electrons. The second kappa shape index (κ2) is 14.1. The molecule has 6 aliphatic rings. The van der Waals surface area contributed by atoms with Crippen molar-refractivity contribution in [3.63, 3.8) is 0 Å². The molecule has 14 rings (SSSR count). The van der Waals surface area contributed by atoms with Crippen molar-refractivity contribution in [3.8, 4) is 0 Å². The summed E-state index contributed by atoms with van der Waals surface area (Å²) < 4.78 is 0.439. The monoisotopic (exact) mass is 826 g/mol. The van der Waals surface area contributed by atoms with Gasteiger partial charge in [-0.1, -0.05) is 194 Å². The van der Waals surface area contributed by atoms with Gasteiger partial charge >= 0.3 is 0 Å². The number of rotatable bonds is 2. The molecule has 8 aromatic carbocycles. The van der Waals surface area contributed by atoms with E-state index in [0.29, 0.717) is 4.48 Å². The third-order valence-electron chi connectivity index (χ3n) is 15.1. The van der Waals surface area contributed by atoms with Gasteiger partial charge in [-0.2, -0.15) is 0 Å². The fourth-order valence-corrected chi connectivity index (χ4v) is 12.3. The Morgan fingerprint density at radius 3 is 1.11 bits per heavy atom. The van der Waals surface area contributed by atoms with E-state index in [1.807, 2.05) is 0 Å². The SMILES string of the molecule is C1=Cc2ccccc2C2C1=C[N+]1(C=C3C=Cc4ccccc4C32)C=C2C(c3ccc4ccccc4c3)=Cc3ccccc3C2C2C(=C1)C(c1ccc3ccccc3c1)=Cc1ccccc12. The number of allylic oxidation sites excluding steroid dienone is 8. The second-order valence-electron chi connectivity index (χ2n) is 18.7. The molecule has 8 aromatic rings. The van der Waals surface area contributed by atoms with Crippen molar-refractivity contribution in [2.24, 2.45) is 0 Å². The van der Waals surface area contributed by atoms with E-state index in [2.05, 4.69) is 243 Å². The quantitative estimate of drug-likeness (QED) is 0.152. The van der Waals surface area contributed by atoms with E-state index in [4.69, 9.17) is 0 Å². The predicted molar refractivity (Wildman–Crippen MR) is 271 cm³/mol. The minimum Gasteiger partial charge on any atom is -0.218 e. The van der Waals surface area contributed by atoms with Crippen LogP contribution in [-0.2, 0) is 0 Å². The van der Waals surface area contributed by atoms with E-state index in [1.165, 1.54) is 111 Å². The fourth-order valence-electron chi connectivity index (χ4n) is 12.3. The lowest BCUT2D eigenvalue weighted by molar-refractivity contribution is -0.716. The van der Waals surface area contributed by atoms with Gasteiger partial charge in [-0.25, -0.2) is 4.48 Å². The Morgan fingerprint density at radius 1 is 0.292 bits per heavy atom. The summed E-state index contributed by atoms with van der Waals surface area (Å²) >= 11 is 0. The molecule has 0 N–H and O–H groups in total. The molecule has 2 heterocycles. The molecule has 4 unspecified atom stereocenters. The first-order valence-corrected chi connectivity index (χ1v) is 23.1. The summed E-state index contributed by atoms with van der Waals surface area (Å²) in [5.41, 5.74) is 21.2. The highest BCUT2D eigenvalue weighted by Crippen LogP contribution is 2.60. The molecule has 65 heavy (non-hydrogen) atoms. The minimum atomic E-state index is 0.0311. The molecule has 1 nitrogen and oxygen atoms in total. The summed E-state index contributed by atoms with van der Waals surface area (Å²) in [5.74, 6) is 0.345. The first-order valence-electron chi connectivity index (χ1n) is 23.1. The van der Waals surface area contributed by atoms with Crippen LogP contribution in [0, 0.1) is 0 Å². The van der Waals surface area contributed by atoms with Gasteiger partial charge < -0.3 is 0 Å². The average Bonchev–Trinajstić information content (AvgIpc) is 3.60. The van der Waals surface area contributed by atoms with Gasteiger partial charge in [0.15, 0.2) is 0 Å². The van der Waals surface area contributed by atoms with Crippen LogP contribution < -0.4 is 0 Å². The van der Waals surface area contributed by atoms with Crippen molar-refractivity contribution >= 4 is 57.0 Å². The van der Waals surface area contributed by atoms with Crippen molar-refractivity contribution in [2.45, 2.75) is 23.7 Å². The van der Waals surface area contributed by atoms with Crippen molar-refractivity contribution in [3.05, 3.63) is 297 Å². The fraction of sp³-hybridized carbons (Fsp3) is 0.0625. The standard InChI is InChI=1S/C64H44N/c1-3-17-45-33-49(29-25-41(45)13-1)57-35-47-19-7-11-23-55(47)63-59(57)39-65(40-60-58(36-48-20-8-12-24-56(48)64(60)63)50-30-26-42-14-2-4-18-46(42)34-50)37-51-31-27-43-15-5-9-21-53(43)61(51)62-52(38-65)32-28-44-16-6-10-22-54(44)62/h1-40,61-64H/q+1. The molecule has 0 aromatic heterocycles. The summed E-state index contributed by atoms with van der Waals surface area (Å²) in [7, 11) is 0. The van der Waals surface area contributed by atoms with Crippen molar-refractivity contribution in [1.82, 2.24) is 0 Å². The highest BCUT2D eigenvalue weighted by molar-refractivity contribution is 6.02. The van der Waals surface area contributed by atoms with Crippen molar-refractivity contribution < 1.29 is 4.48 Å². The lowest BCUT2D eigenvalue weighted by Gasteiger charge is -2.37. The number of benzene rings is 8. The number of hydrogen-bond acceptors (Lipinski definition) is 0. The van der Waals surface area contributed by atoms with Crippen LogP contribution in [0.15, 0.2) is 241 Å². The normalized spacial score (nSPS) is 23.0. The maximum absolute atomic E-state index is 2.63. The largest absolute Gasteiger partial charge is 0.218 e. The first-order chi connectivity index (χ1) is 32.1. The predicted octanol–water partition coefficient (Wildman–Crippen LogP) is 16.0. The van der Waals surface area contributed by atoms with E-state index >= 15 is 0 Å². The van der Waals surface area contributed by atoms with Gasteiger partial charge in [-0.05, 0) is 113 Å². The van der Waals surface area contributed by atoms with E-state index in [9.17, 15) is 0 Å². The number of quaternary nitrogens is 1. The summed E-state index contributed by atoms with van der Waals surface area (Å²) in [6.45, 7) is 0. The van der Waals surface area contributed by atoms with Gasteiger partial charge in [-0.3, -0.25) is 0 Å². The van der Waals surface area contributed by atoms with Crippen LogP contribution >= 0.6 is 0 Å². The van der Waals surface area contributed by atoms with Gasteiger partial charge in [0, 0.05) is 46.0 Å². The number of fused-ring (bicyclic) bond motifs is 16. The Bertz CT molecular complexity index is 3390. The highest BCUT2D eigenvalue weighted by Gasteiger charge is 2.48. The van der Waals surface area contributed by atoms with E-state index in [1.54, 1.807) is 0 Å². The number of hydrogen-bond donors (Lipinski definition) is 0. The van der Waals surface area contributed by atoms with Crippen LogP contribution in [0.5, 0.6) is 0 Å². The minimum absolute atomic E-state index is 0.0311. The Kier molecular flexibility index (Phi) is 7.93. The van der Waals surface area contributed by atoms with Crippen LogP contribution in [0.4, 0.5) is 0 Å². The van der Waals surface area contributed by atoms with Gasteiger partial charge in [0.25, 0.3) is 0 Å². The Balaban J connectivity index is 1.11. The van der Waals surface area contributed by atoms with E-state index < -0.39 is 0 Å². The topological polar surface area (TPSA) is 0 Å². The van der Waals surface area contributed by atoms with Gasteiger partial charge in [-0.15, -0.1) is 0 Å². The summed E-state index contributed by atoms with van der Waals surface area (Å²) in [6.07, 6.45) is 25.0. The van der Waals surface area contributed by atoms with Gasteiger partial charge in [0.2, 0.25) is 0 Å². The molecular weight excluding hydrogens is 783 g/mol. The zero-order valence-electron chi connectivity index (χ0n) is 35.9. The van der Waals surface area contributed by atoms with Gasteiger partial charge in [0.05, 0.1) is 0 Å². The molecule has 0 saturated heterocycles. The Hall–Kier alpha value is -7.84. The van der Waals surface area contributed by atoms with Crippen LogP contribution in [0.1, 0.15) is 79.3 Å². The third kappa shape index (κ3) is 5.69. The lowest BCUT2D eigenvalue weighted by Crippen LogP contribution is -2.26. The molecule has 0 radical (unpaired) electrons. The van der Waals surface area contributed by atoms with Crippen LogP contribution in [-0.4, -0.2) is 4.48 Å². The zero-order valence-corrected chi connectivity index (χ0v) is 35.9. The Morgan fingerprint density at radius 2 is 0.662 bits per heavy atom. The van der Waals surface area contributed by atoms with Crippen molar-refractivity contribution in [2.75, 3.05) is 0 Å². The van der Waals surface area contributed by atoms with Crippen LogP contribution in [0.2, 0.25) is 0 Å². The summed E-state index contributed by atoms with van der Waals surface area (Å²) in [6, 6.07) is 68.2. The molecule has 1 spiro atoms. The average molecular weight is 827 g/mol. The molecule has 1 heteroatoms. The Labute approximate surface area is 380 Å². The molecular formula is C64H44N+. The van der Waals surface area contributed by atoms with E-state index in [-0.39, 0.29) is 23.7 Å². The molecule has 0 amide bonds. The summed E-state index contributed by atoms with van der Waals surface area (Å²) in [5, 5.41) is 5.02. The molecule has 0 fully saturated rings. The zero-order chi connectivity index (χ0) is 42.6. The first kappa shape index (κ1) is 36.6. The maximum atomic E-state index is 2.63. The lowest BCUT2D eigenvalue weighted by atomic mass is 9.64.